The van der Waals surface area contributed by atoms with Gasteiger partial charge in [0.25, 0.3) is 0 Å². The van der Waals surface area contributed by atoms with Crippen molar-refractivity contribution in [1.29, 1.82) is 0 Å². The molecule has 0 bridgehead atoms. The highest BCUT2D eigenvalue weighted by Gasteiger charge is 2.44. The average molecular weight is 1360 g/mol. The van der Waals surface area contributed by atoms with Crippen molar-refractivity contribution in [2.24, 2.45) is 0 Å². The van der Waals surface area contributed by atoms with E-state index >= 15 is 0 Å². The van der Waals surface area contributed by atoms with Crippen LogP contribution in [0.2, 0.25) is 0 Å². The number of hydrogen-bond acceptors (Lipinski definition) is 4. The molecule has 2 aromatic heterocycles. The van der Waals surface area contributed by atoms with Crippen LogP contribution < -0.4 is 9.80 Å². The fourth-order valence-corrected chi connectivity index (χ4v) is 19.8. The van der Waals surface area contributed by atoms with Crippen molar-refractivity contribution in [3.05, 3.63) is 372 Å². The fourth-order valence-electron chi connectivity index (χ4n) is 19.8. The van der Waals surface area contributed by atoms with E-state index in [4.69, 9.17) is 8.83 Å². The van der Waals surface area contributed by atoms with Crippen LogP contribution in [0.4, 0.5) is 34.1 Å². The van der Waals surface area contributed by atoms with E-state index in [1.54, 1.807) is 0 Å². The Labute approximate surface area is 618 Å². The predicted molar refractivity (Wildman–Crippen MR) is 441 cm³/mol. The second kappa shape index (κ2) is 22.8. The number of fused-ring (bicyclic) bond motifs is 18. The zero-order valence-corrected chi connectivity index (χ0v) is 60.5. The minimum Gasteiger partial charge on any atom is -0.454 e. The van der Waals surface area contributed by atoms with Gasteiger partial charge in [-0.05, 0) is 190 Å². The smallest absolute Gasteiger partial charge is 0.159 e. The second-order valence-electron chi connectivity index (χ2n) is 31.6. The van der Waals surface area contributed by atoms with Crippen LogP contribution in [0.3, 0.4) is 0 Å². The summed E-state index contributed by atoms with van der Waals surface area (Å²) in [5, 5.41) is 4.36. The maximum Gasteiger partial charge on any atom is 0.159 e. The Bertz CT molecular complexity index is 6570. The van der Waals surface area contributed by atoms with Crippen LogP contribution in [0.1, 0.15) is 98.5 Å². The lowest BCUT2D eigenvalue weighted by Gasteiger charge is -2.33. The number of nitrogens with zero attached hydrogens (tertiary/aromatic N) is 2. The van der Waals surface area contributed by atoms with Crippen molar-refractivity contribution >= 4 is 78.0 Å². The molecule has 17 aromatic rings. The van der Waals surface area contributed by atoms with Crippen molar-refractivity contribution < 1.29 is 8.83 Å². The van der Waals surface area contributed by atoms with Crippen molar-refractivity contribution in [2.75, 3.05) is 9.80 Å². The Morgan fingerprint density at radius 3 is 1.37 bits per heavy atom. The maximum atomic E-state index is 7.34. The van der Waals surface area contributed by atoms with E-state index in [1.165, 1.54) is 117 Å². The normalized spacial score (nSPS) is 15.6. The predicted octanol–water partition coefficient (Wildman–Crippen LogP) is 27.9. The molecule has 2 heterocycles. The van der Waals surface area contributed by atoms with Crippen molar-refractivity contribution in [1.82, 2.24) is 0 Å². The Kier molecular flexibility index (Phi) is 13.3. The Morgan fingerprint density at radius 1 is 0.255 bits per heavy atom. The molecule has 0 radical (unpaired) electrons. The molecule has 0 aliphatic heterocycles. The van der Waals surface area contributed by atoms with E-state index in [0.717, 1.165) is 95.5 Å². The summed E-state index contributed by atoms with van der Waals surface area (Å²) in [6, 6.07) is 120. The summed E-state index contributed by atoms with van der Waals surface area (Å²) >= 11 is 0. The minimum absolute atomic E-state index is 0.0683. The summed E-state index contributed by atoms with van der Waals surface area (Å²) in [5.74, 6) is 0. The lowest BCUT2D eigenvalue weighted by atomic mass is 9.75. The summed E-state index contributed by atoms with van der Waals surface area (Å²) in [5.41, 5.74) is 38.1. The molecule has 0 amide bonds. The lowest BCUT2D eigenvalue weighted by Crippen LogP contribution is -2.24. The van der Waals surface area contributed by atoms with Gasteiger partial charge in [-0.3, -0.25) is 0 Å². The van der Waals surface area contributed by atoms with Crippen LogP contribution in [-0.2, 0) is 28.1 Å². The van der Waals surface area contributed by atoms with Gasteiger partial charge in [-0.15, -0.1) is 0 Å². The van der Waals surface area contributed by atoms with Gasteiger partial charge in [-0.25, -0.2) is 0 Å². The quantitative estimate of drug-likeness (QED) is 0.129. The molecule has 106 heavy (non-hydrogen) atoms. The SMILES string of the molecule is CC1(C)c2ccccc2-c2cc(-c3ccc(N(c4ccccc4-c4cccc5c4-c4ccccc4C5(C)C)c4cccc5c4oc4ccc(CC6(C)c7ccccc7-c7c(-c8ccccc8N(c8cccc9c8C(C)(C)c8ccccc8-9)c8cccc9c8oc8ccccc89)cccc76)cc45)cc3)ccc21. The first kappa shape index (κ1) is 62.1. The van der Waals surface area contributed by atoms with Crippen LogP contribution in [0.25, 0.3) is 122 Å². The van der Waals surface area contributed by atoms with Gasteiger partial charge in [0.1, 0.15) is 11.2 Å². The van der Waals surface area contributed by atoms with E-state index < -0.39 is 5.41 Å². The highest BCUT2D eigenvalue weighted by Crippen LogP contribution is 2.61. The van der Waals surface area contributed by atoms with E-state index in [2.05, 4.69) is 380 Å². The number of para-hydroxylation sites is 5. The Morgan fingerprint density at radius 2 is 0.679 bits per heavy atom. The van der Waals surface area contributed by atoms with Crippen LogP contribution >= 0.6 is 0 Å². The third-order valence-corrected chi connectivity index (χ3v) is 24.7. The number of furan rings is 2. The molecule has 21 rings (SSSR count). The summed E-state index contributed by atoms with van der Waals surface area (Å²) in [7, 11) is 0. The molecule has 15 aromatic carbocycles. The molecule has 1 unspecified atom stereocenters. The molecule has 0 saturated heterocycles. The third-order valence-electron chi connectivity index (χ3n) is 24.7. The molecule has 1 atom stereocenters. The average Bonchev–Trinajstić information content (AvgIpc) is 1.67. The van der Waals surface area contributed by atoms with Gasteiger partial charge in [-0.2, -0.15) is 0 Å². The lowest BCUT2D eigenvalue weighted by molar-refractivity contribution is 0.583. The van der Waals surface area contributed by atoms with Gasteiger partial charge < -0.3 is 18.6 Å². The van der Waals surface area contributed by atoms with Gasteiger partial charge in [0.15, 0.2) is 11.2 Å². The highest BCUT2D eigenvalue weighted by atomic mass is 16.3. The maximum absolute atomic E-state index is 7.34. The van der Waals surface area contributed by atoms with Gasteiger partial charge >= 0.3 is 0 Å². The molecule has 4 heteroatoms. The van der Waals surface area contributed by atoms with Crippen LogP contribution in [0, 0.1) is 0 Å². The molecule has 0 N–H and O–H groups in total. The highest BCUT2D eigenvalue weighted by molar-refractivity contribution is 6.14. The molecule has 0 saturated carbocycles. The number of hydrogen-bond donors (Lipinski definition) is 0. The molecule has 0 spiro atoms. The topological polar surface area (TPSA) is 32.8 Å². The van der Waals surface area contributed by atoms with Crippen LogP contribution in [0.5, 0.6) is 0 Å². The fraction of sp³-hybridized carbons (Fsp3) is 0.118. The van der Waals surface area contributed by atoms with Crippen molar-refractivity contribution in [3.63, 3.8) is 0 Å². The molecular formula is C102H76N2O2. The van der Waals surface area contributed by atoms with E-state index in [9.17, 15) is 0 Å². The van der Waals surface area contributed by atoms with Gasteiger partial charge in [0.05, 0.1) is 28.4 Å². The van der Waals surface area contributed by atoms with E-state index in [0.29, 0.717) is 0 Å². The largest absolute Gasteiger partial charge is 0.454 e. The Balaban J connectivity index is 0.696. The molecule has 4 aliphatic carbocycles. The number of anilines is 6. The minimum atomic E-state index is -0.411. The van der Waals surface area contributed by atoms with Gasteiger partial charge in [0.2, 0.25) is 0 Å². The third kappa shape index (κ3) is 8.82. The summed E-state index contributed by atoms with van der Waals surface area (Å²) in [4.78, 5) is 4.96. The summed E-state index contributed by atoms with van der Waals surface area (Å²) in [6.45, 7) is 16.7. The number of rotatable bonds is 11. The van der Waals surface area contributed by atoms with Crippen LogP contribution in [0.15, 0.2) is 330 Å². The monoisotopic (exact) mass is 1360 g/mol. The van der Waals surface area contributed by atoms with Gasteiger partial charge in [0, 0.05) is 60.0 Å². The zero-order valence-electron chi connectivity index (χ0n) is 60.5. The van der Waals surface area contributed by atoms with Crippen LogP contribution in [-0.4, -0.2) is 0 Å². The summed E-state index contributed by atoms with van der Waals surface area (Å²) < 4.78 is 14.4. The summed E-state index contributed by atoms with van der Waals surface area (Å²) in [6.07, 6.45) is 0.762. The second-order valence-corrected chi connectivity index (χ2v) is 31.6. The van der Waals surface area contributed by atoms with Crippen molar-refractivity contribution in [3.8, 4) is 77.9 Å². The molecular weight excluding hydrogens is 1290 g/mol. The van der Waals surface area contributed by atoms with Gasteiger partial charge in [-0.1, -0.05) is 303 Å². The number of benzene rings is 15. The first-order valence-electron chi connectivity index (χ1n) is 37.4. The molecule has 0 fully saturated rings. The molecule has 506 valence electrons. The molecule has 4 nitrogen and oxygen atoms in total. The van der Waals surface area contributed by atoms with E-state index in [-0.39, 0.29) is 16.2 Å². The zero-order chi connectivity index (χ0) is 71.1. The first-order chi connectivity index (χ1) is 51.7. The molecule has 4 aliphatic rings. The van der Waals surface area contributed by atoms with E-state index in [1.807, 2.05) is 0 Å². The Hall–Kier alpha value is -12.5. The first-order valence-corrected chi connectivity index (χ1v) is 37.4. The standard InChI is InChI=1S/C102H76N2O2/c1-99(2)80-39-15-9-28-67(80)78-60-64(54-57-83(78)99)63-52-55-65(56-53-63)103(87-45-19-12-29-68(87)71-34-22-43-85-94(71)76-32-10-17-41-82(76)100(85,3)4)90-48-26-38-75-79-59-62(51-58-93(79)106-98(75)90)61-102(7)84-42-18-11-33-77(84)95-72(35-23-44-86(95)102)69-30-13-20-46-88(69)104(91-49-25-37-74-70-31-14-21-50-92(70)105-97(74)91)89-47-24-36-73-66-27-8-16-40-81(66)101(5,6)96(73)89/h8-60H,61H2,1-7H3. The van der Waals surface area contributed by atoms with Crippen molar-refractivity contribution in [2.45, 2.75) is 76.5 Å².